The minimum atomic E-state index is -1.17. The van der Waals surface area contributed by atoms with Crippen molar-refractivity contribution in [3.8, 4) is 11.1 Å². The van der Waals surface area contributed by atoms with Crippen LogP contribution in [0.25, 0.3) is 21.3 Å². The molecule has 4 aromatic rings. The average molecular weight is 484 g/mol. The van der Waals surface area contributed by atoms with Gasteiger partial charge in [0.2, 0.25) is 0 Å². The molecule has 34 heavy (non-hydrogen) atoms. The highest BCUT2D eigenvalue weighted by atomic mass is 32.1. The SMILES string of the molecule is C.CC[C@H](NC(=O)c1ccc(-c2ccc(Nc3nc4ccc(F)cc4s3)cc2)cc1F)C(=O)O. The van der Waals surface area contributed by atoms with E-state index >= 15 is 0 Å². The molecule has 176 valence electrons. The Morgan fingerprint density at radius 2 is 1.74 bits per heavy atom. The Labute approximate surface area is 199 Å². The molecule has 1 atom stereocenters. The zero-order chi connectivity index (χ0) is 23.5. The lowest BCUT2D eigenvalue weighted by molar-refractivity contribution is -0.139. The Bertz CT molecular complexity index is 1340. The number of nitrogens with one attached hydrogen (secondary N) is 2. The molecule has 1 aromatic heterocycles. The Balaban J connectivity index is 0.00000324. The standard InChI is InChI=1S/C24H19F2N3O3S.CH4/c1-2-19(23(31)32)28-22(30)17-9-5-14(11-18(17)26)13-3-7-16(8-4-13)27-24-29-20-10-6-15(25)12-21(20)33-24;/h3-12,19H,2H2,1H3,(H,27,29)(H,28,30)(H,31,32);1H4/t19-;/m0./s1. The first-order chi connectivity index (χ1) is 15.8. The molecule has 0 aliphatic rings. The van der Waals surface area contributed by atoms with Gasteiger partial charge in [-0.1, -0.05) is 43.9 Å². The third-order valence-corrected chi connectivity index (χ3v) is 5.98. The van der Waals surface area contributed by atoms with E-state index in [1.165, 1.54) is 35.6 Å². The van der Waals surface area contributed by atoms with Crippen LogP contribution < -0.4 is 10.6 Å². The molecule has 0 fully saturated rings. The van der Waals surface area contributed by atoms with E-state index in [4.69, 9.17) is 5.11 Å². The van der Waals surface area contributed by atoms with Crippen LogP contribution in [0.3, 0.4) is 0 Å². The third kappa shape index (κ3) is 5.37. The number of aromatic nitrogens is 1. The normalized spacial score (nSPS) is 11.5. The van der Waals surface area contributed by atoms with Gasteiger partial charge in [0.25, 0.3) is 5.91 Å². The van der Waals surface area contributed by atoms with E-state index in [-0.39, 0.29) is 25.2 Å². The molecule has 0 radical (unpaired) electrons. The summed E-state index contributed by atoms with van der Waals surface area (Å²) >= 11 is 1.33. The number of carboxylic acids is 1. The molecule has 0 saturated heterocycles. The van der Waals surface area contributed by atoms with Crippen LogP contribution in [0.5, 0.6) is 0 Å². The van der Waals surface area contributed by atoms with Gasteiger partial charge in [0, 0.05) is 5.69 Å². The zero-order valence-electron chi connectivity index (χ0n) is 17.4. The van der Waals surface area contributed by atoms with Crippen molar-refractivity contribution in [3.05, 3.63) is 77.9 Å². The van der Waals surface area contributed by atoms with Crippen molar-refractivity contribution >= 4 is 44.2 Å². The maximum absolute atomic E-state index is 14.6. The molecule has 3 N–H and O–H groups in total. The van der Waals surface area contributed by atoms with Crippen LogP contribution in [0.1, 0.15) is 31.1 Å². The van der Waals surface area contributed by atoms with E-state index in [9.17, 15) is 18.4 Å². The number of halogens is 2. The van der Waals surface area contributed by atoms with Crippen molar-refractivity contribution in [1.82, 2.24) is 10.3 Å². The molecule has 3 aromatic carbocycles. The fourth-order valence-electron chi connectivity index (χ4n) is 3.27. The number of aliphatic carboxylic acids is 1. The number of thiazole rings is 1. The van der Waals surface area contributed by atoms with E-state index in [0.717, 1.165) is 16.0 Å². The first-order valence-corrected chi connectivity index (χ1v) is 10.9. The number of carboxylic acid groups (broad SMARTS) is 1. The number of fused-ring (bicyclic) bond motifs is 1. The highest BCUT2D eigenvalue weighted by molar-refractivity contribution is 7.22. The minimum Gasteiger partial charge on any atom is -0.480 e. The summed E-state index contributed by atoms with van der Waals surface area (Å²) < 4.78 is 28.7. The molecule has 0 spiro atoms. The highest BCUT2D eigenvalue weighted by Gasteiger charge is 2.20. The highest BCUT2D eigenvalue weighted by Crippen LogP contribution is 2.30. The van der Waals surface area contributed by atoms with E-state index in [1.54, 1.807) is 43.3 Å². The maximum atomic E-state index is 14.6. The second kappa shape index (κ2) is 10.4. The molecule has 0 unspecified atom stereocenters. The summed E-state index contributed by atoms with van der Waals surface area (Å²) in [5, 5.41) is 15.2. The molecule has 6 nitrogen and oxygen atoms in total. The number of carbonyl (C=O) groups excluding carboxylic acids is 1. The molecule has 9 heteroatoms. The predicted octanol–water partition coefficient (Wildman–Crippen LogP) is 6.21. The van der Waals surface area contributed by atoms with Crippen LogP contribution in [-0.2, 0) is 4.79 Å². The maximum Gasteiger partial charge on any atom is 0.326 e. The van der Waals surface area contributed by atoms with Crippen molar-refractivity contribution in [2.24, 2.45) is 0 Å². The fourth-order valence-corrected chi connectivity index (χ4v) is 4.19. The van der Waals surface area contributed by atoms with Crippen LogP contribution in [0.15, 0.2) is 60.7 Å². The quantitative estimate of drug-likeness (QED) is 0.291. The summed E-state index contributed by atoms with van der Waals surface area (Å²) in [4.78, 5) is 27.8. The zero-order valence-corrected chi connectivity index (χ0v) is 18.2. The molecule has 1 heterocycles. The topological polar surface area (TPSA) is 91.3 Å². The minimum absolute atomic E-state index is 0. The number of amides is 1. The number of anilines is 2. The lowest BCUT2D eigenvalue weighted by Gasteiger charge is -2.13. The molecule has 0 aliphatic heterocycles. The largest absolute Gasteiger partial charge is 0.480 e. The Hall–Kier alpha value is -3.85. The summed E-state index contributed by atoms with van der Waals surface area (Å²) in [6.45, 7) is 1.62. The van der Waals surface area contributed by atoms with Crippen LogP contribution in [-0.4, -0.2) is 28.0 Å². The van der Waals surface area contributed by atoms with Gasteiger partial charge < -0.3 is 15.7 Å². The molecular weight excluding hydrogens is 460 g/mol. The van der Waals surface area contributed by atoms with Crippen LogP contribution in [0.2, 0.25) is 0 Å². The fraction of sp³-hybridized carbons (Fsp3) is 0.160. The average Bonchev–Trinajstić information content (AvgIpc) is 3.18. The van der Waals surface area contributed by atoms with Crippen molar-refractivity contribution < 1.29 is 23.5 Å². The van der Waals surface area contributed by atoms with E-state index < -0.39 is 23.7 Å². The number of hydrogen-bond donors (Lipinski definition) is 3. The lowest BCUT2D eigenvalue weighted by atomic mass is 10.0. The second-order valence-corrected chi connectivity index (χ2v) is 8.33. The number of nitrogens with zero attached hydrogens (tertiary/aromatic N) is 1. The number of rotatable bonds is 7. The van der Waals surface area contributed by atoms with Gasteiger partial charge in [-0.2, -0.15) is 0 Å². The Morgan fingerprint density at radius 1 is 1.03 bits per heavy atom. The predicted molar refractivity (Wildman–Crippen MR) is 131 cm³/mol. The Morgan fingerprint density at radius 3 is 2.38 bits per heavy atom. The smallest absolute Gasteiger partial charge is 0.326 e. The van der Waals surface area contributed by atoms with Crippen molar-refractivity contribution in [3.63, 3.8) is 0 Å². The first-order valence-electron chi connectivity index (χ1n) is 10.1. The first kappa shape index (κ1) is 24.8. The van der Waals surface area contributed by atoms with E-state index in [2.05, 4.69) is 15.6 Å². The van der Waals surface area contributed by atoms with Gasteiger partial charge in [-0.15, -0.1) is 0 Å². The third-order valence-electron chi connectivity index (χ3n) is 5.05. The van der Waals surface area contributed by atoms with E-state index in [1.807, 2.05) is 0 Å². The monoisotopic (exact) mass is 483 g/mol. The number of benzene rings is 3. The van der Waals surface area contributed by atoms with Gasteiger partial charge in [-0.05, 0) is 60.0 Å². The molecule has 4 rings (SSSR count). The lowest BCUT2D eigenvalue weighted by Crippen LogP contribution is -2.40. The summed E-state index contributed by atoms with van der Waals surface area (Å²) in [6, 6.07) is 14.7. The Kier molecular flexibility index (Phi) is 7.57. The summed E-state index contributed by atoms with van der Waals surface area (Å²) in [6.07, 6.45) is 0.190. The van der Waals surface area contributed by atoms with Gasteiger partial charge in [-0.25, -0.2) is 18.6 Å². The second-order valence-electron chi connectivity index (χ2n) is 7.30. The van der Waals surface area contributed by atoms with Crippen molar-refractivity contribution in [2.45, 2.75) is 26.8 Å². The summed E-state index contributed by atoms with van der Waals surface area (Å²) in [5.74, 6) is -3.00. The van der Waals surface area contributed by atoms with E-state index in [0.29, 0.717) is 16.2 Å². The van der Waals surface area contributed by atoms with Gasteiger partial charge in [0.15, 0.2) is 5.13 Å². The van der Waals surface area contributed by atoms with Gasteiger partial charge in [0.1, 0.15) is 17.7 Å². The summed E-state index contributed by atoms with van der Waals surface area (Å²) in [5.41, 5.74) is 2.54. The summed E-state index contributed by atoms with van der Waals surface area (Å²) in [7, 11) is 0. The van der Waals surface area contributed by atoms with Gasteiger partial charge in [-0.3, -0.25) is 4.79 Å². The van der Waals surface area contributed by atoms with Crippen LogP contribution in [0.4, 0.5) is 19.6 Å². The molecule has 0 bridgehead atoms. The van der Waals surface area contributed by atoms with Gasteiger partial charge >= 0.3 is 5.97 Å². The molecular formula is C25H23F2N3O3S. The number of hydrogen-bond acceptors (Lipinski definition) is 5. The molecule has 0 saturated carbocycles. The van der Waals surface area contributed by atoms with Crippen LogP contribution in [0, 0.1) is 11.6 Å². The van der Waals surface area contributed by atoms with Crippen molar-refractivity contribution in [2.75, 3.05) is 5.32 Å². The van der Waals surface area contributed by atoms with Crippen LogP contribution >= 0.6 is 11.3 Å². The molecule has 0 aliphatic carbocycles. The number of carbonyl (C=O) groups is 2. The molecule has 1 amide bonds. The van der Waals surface area contributed by atoms with Crippen molar-refractivity contribution in [1.29, 1.82) is 0 Å². The van der Waals surface area contributed by atoms with Gasteiger partial charge in [0.05, 0.1) is 15.8 Å².